The van der Waals surface area contributed by atoms with Gasteiger partial charge in [-0.05, 0) is 48.6 Å². The standard InChI is InChI=1S/C15H25NO3S/c1-12(7-13-4-6-20-11-13)16-8-14(17)9-18-10-15-3-2-5-19-15/h4,6,11-12,14-17H,2-3,5,7-10H2,1H3. The summed E-state index contributed by atoms with van der Waals surface area (Å²) in [5, 5.41) is 17.5. The number of hydrogen-bond acceptors (Lipinski definition) is 5. The van der Waals surface area contributed by atoms with Crippen molar-refractivity contribution in [2.75, 3.05) is 26.4 Å². The highest BCUT2D eigenvalue weighted by Crippen LogP contribution is 2.12. The highest BCUT2D eigenvalue weighted by atomic mass is 32.1. The van der Waals surface area contributed by atoms with Crippen molar-refractivity contribution in [1.29, 1.82) is 0 Å². The van der Waals surface area contributed by atoms with Crippen LogP contribution < -0.4 is 5.32 Å². The number of aliphatic hydroxyl groups excluding tert-OH is 1. The molecule has 1 saturated heterocycles. The summed E-state index contributed by atoms with van der Waals surface area (Å²) in [6.45, 7) is 4.52. The van der Waals surface area contributed by atoms with Gasteiger partial charge in [0.15, 0.2) is 0 Å². The Hall–Kier alpha value is -0.460. The molecule has 2 N–H and O–H groups in total. The van der Waals surface area contributed by atoms with Crippen LogP contribution in [0.1, 0.15) is 25.3 Å². The molecule has 0 spiro atoms. The van der Waals surface area contributed by atoms with Gasteiger partial charge < -0.3 is 19.9 Å². The fourth-order valence-corrected chi connectivity index (χ4v) is 3.02. The molecule has 0 bridgehead atoms. The van der Waals surface area contributed by atoms with Gasteiger partial charge in [0.25, 0.3) is 0 Å². The van der Waals surface area contributed by atoms with Crippen LogP contribution >= 0.6 is 11.3 Å². The first kappa shape index (κ1) is 15.9. The summed E-state index contributed by atoms with van der Waals surface area (Å²) < 4.78 is 11.0. The number of nitrogens with one attached hydrogen (secondary N) is 1. The van der Waals surface area contributed by atoms with Crippen molar-refractivity contribution in [2.45, 2.75) is 44.4 Å². The van der Waals surface area contributed by atoms with Crippen LogP contribution in [0.5, 0.6) is 0 Å². The summed E-state index contributed by atoms with van der Waals surface area (Å²) in [7, 11) is 0. The average molecular weight is 299 g/mol. The molecular weight excluding hydrogens is 274 g/mol. The second kappa shape index (κ2) is 8.74. The zero-order valence-electron chi connectivity index (χ0n) is 12.1. The molecule has 0 aromatic carbocycles. The first-order valence-corrected chi connectivity index (χ1v) is 8.30. The highest BCUT2D eigenvalue weighted by Gasteiger charge is 2.16. The van der Waals surface area contributed by atoms with Gasteiger partial charge in [0, 0.05) is 19.2 Å². The van der Waals surface area contributed by atoms with Gasteiger partial charge in [-0.2, -0.15) is 11.3 Å². The third-order valence-electron chi connectivity index (χ3n) is 3.46. The molecule has 0 amide bonds. The number of hydrogen-bond donors (Lipinski definition) is 2. The van der Waals surface area contributed by atoms with Gasteiger partial charge in [-0.3, -0.25) is 0 Å². The summed E-state index contributed by atoms with van der Waals surface area (Å²) in [5.41, 5.74) is 1.35. The fraction of sp³-hybridized carbons (Fsp3) is 0.733. The van der Waals surface area contributed by atoms with E-state index in [2.05, 4.69) is 29.1 Å². The molecule has 3 unspecified atom stereocenters. The SMILES string of the molecule is CC(Cc1ccsc1)NCC(O)COCC1CCCO1. The quantitative estimate of drug-likeness (QED) is 0.730. The Morgan fingerprint density at radius 3 is 3.20 bits per heavy atom. The lowest BCUT2D eigenvalue weighted by Crippen LogP contribution is -2.37. The minimum absolute atomic E-state index is 0.229. The van der Waals surface area contributed by atoms with Crippen molar-refractivity contribution in [1.82, 2.24) is 5.32 Å². The van der Waals surface area contributed by atoms with Gasteiger partial charge in [-0.15, -0.1) is 0 Å². The van der Waals surface area contributed by atoms with Crippen LogP contribution in [-0.2, 0) is 15.9 Å². The Morgan fingerprint density at radius 1 is 1.60 bits per heavy atom. The zero-order valence-corrected chi connectivity index (χ0v) is 12.9. The van der Waals surface area contributed by atoms with Crippen molar-refractivity contribution in [3.05, 3.63) is 22.4 Å². The van der Waals surface area contributed by atoms with Crippen LogP contribution in [0, 0.1) is 0 Å². The maximum atomic E-state index is 9.87. The summed E-state index contributed by atoms with van der Waals surface area (Å²) >= 11 is 1.72. The van der Waals surface area contributed by atoms with E-state index in [0.717, 1.165) is 25.9 Å². The molecule has 0 radical (unpaired) electrons. The van der Waals surface area contributed by atoms with E-state index in [1.54, 1.807) is 11.3 Å². The minimum atomic E-state index is -0.457. The lowest BCUT2D eigenvalue weighted by Gasteiger charge is -2.18. The van der Waals surface area contributed by atoms with Gasteiger partial charge in [0.2, 0.25) is 0 Å². The number of ether oxygens (including phenoxy) is 2. The van der Waals surface area contributed by atoms with E-state index in [1.807, 2.05) is 0 Å². The molecule has 2 heterocycles. The van der Waals surface area contributed by atoms with Crippen LogP contribution in [-0.4, -0.2) is 49.7 Å². The zero-order chi connectivity index (χ0) is 14.2. The molecule has 3 atom stereocenters. The van der Waals surface area contributed by atoms with Crippen molar-refractivity contribution < 1.29 is 14.6 Å². The molecule has 1 aromatic rings. The fourth-order valence-electron chi connectivity index (χ4n) is 2.34. The van der Waals surface area contributed by atoms with Crippen LogP contribution in [0.25, 0.3) is 0 Å². The lowest BCUT2D eigenvalue weighted by molar-refractivity contribution is -0.0168. The van der Waals surface area contributed by atoms with E-state index in [4.69, 9.17) is 9.47 Å². The molecule has 20 heavy (non-hydrogen) atoms. The van der Waals surface area contributed by atoms with Crippen LogP contribution in [0.15, 0.2) is 16.8 Å². The second-order valence-electron chi connectivity index (χ2n) is 5.47. The van der Waals surface area contributed by atoms with E-state index in [1.165, 1.54) is 5.56 Å². The lowest BCUT2D eigenvalue weighted by atomic mass is 10.1. The molecule has 114 valence electrons. The summed E-state index contributed by atoms with van der Waals surface area (Å²) in [6.07, 6.45) is 2.96. The van der Waals surface area contributed by atoms with Crippen LogP contribution in [0.3, 0.4) is 0 Å². The van der Waals surface area contributed by atoms with Crippen LogP contribution in [0.4, 0.5) is 0 Å². The molecule has 1 aliphatic rings. The molecular formula is C15H25NO3S. The summed E-state index contributed by atoms with van der Waals surface area (Å²) in [5.74, 6) is 0. The maximum Gasteiger partial charge on any atom is 0.0897 e. The summed E-state index contributed by atoms with van der Waals surface area (Å²) in [6, 6.07) is 2.50. The minimum Gasteiger partial charge on any atom is -0.389 e. The van der Waals surface area contributed by atoms with Crippen molar-refractivity contribution >= 4 is 11.3 Å². The predicted octanol–water partition coefficient (Wildman–Crippen LogP) is 1.83. The summed E-state index contributed by atoms with van der Waals surface area (Å²) in [4.78, 5) is 0. The number of thiophene rings is 1. The third-order valence-corrected chi connectivity index (χ3v) is 4.19. The van der Waals surface area contributed by atoms with E-state index in [-0.39, 0.29) is 6.10 Å². The van der Waals surface area contributed by atoms with Gasteiger partial charge in [0.05, 0.1) is 25.4 Å². The van der Waals surface area contributed by atoms with Crippen molar-refractivity contribution in [2.24, 2.45) is 0 Å². The van der Waals surface area contributed by atoms with E-state index >= 15 is 0 Å². The topological polar surface area (TPSA) is 50.7 Å². The van der Waals surface area contributed by atoms with Gasteiger partial charge >= 0.3 is 0 Å². The van der Waals surface area contributed by atoms with Crippen molar-refractivity contribution in [3.8, 4) is 0 Å². The molecule has 4 nitrogen and oxygen atoms in total. The Bertz CT molecular complexity index is 352. The Kier molecular flexibility index (Phi) is 6.96. The Labute approximate surface area is 125 Å². The monoisotopic (exact) mass is 299 g/mol. The smallest absolute Gasteiger partial charge is 0.0897 e. The largest absolute Gasteiger partial charge is 0.389 e. The molecule has 0 saturated carbocycles. The number of rotatable bonds is 9. The Balaban J connectivity index is 1.51. The molecule has 1 aromatic heterocycles. The molecule has 2 rings (SSSR count). The molecule has 1 fully saturated rings. The second-order valence-corrected chi connectivity index (χ2v) is 6.25. The first-order valence-electron chi connectivity index (χ1n) is 7.36. The number of aliphatic hydroxyl groups is 1. The van der Waals surface area contributed by atoms with Gasteiger partial charge in [0.1, 0.15) is 0 Å². The predicted molar refractivity (Wildman–Crippen MR) is 81.3 cm³/mol. The van der Waals surface area contributed by atoms with E-state index < -0.39 is 6.10 Å². The van der Waals surface area contributed by atoms with E-state index in [9.17, 15) is 5.11 Å². The average Bonchev–Trinajstić information content (AvgIpc) is 3.09. The molecule has 5 heteroatoms. The molecule has 0 aliphatic carbocycles. The first-order chi connectivity index (χ1) is 9.74. The van der Waals surface area contributed by atoms with E-state index in [0.29, 0.717) is 25.8 Å². The normalized spacial score (nSPS) is 22.0. The van der Waals surface area contributed by atoms with Crippen LogP contribution in [0.2, 0.25) is 0 Å². The third kappa shape index (κ3) is 5.89. The molecule has 1 aliphatic heterocycles. The van der Waals surface area contributed by atoms with Crippen molar-refractivity contribution in [3.63, 3.8) is 0 Å². The Morgan fingerprint density at radius 2 is 2.50 bits per heavy atom. The van der Waals surface area contributed by atoms with Gasteiger partial charge in [-0.25, -0.2) is 0 Å². The van der Waals surface area contributed by atoms with Gasteiger partial charge in [-0.1, -0.05) is 0 Å². The maximum absolute atomic E-state index is 9.87. The highest BCUT2D eigenvalue weighted by molar-refractivity contribution is 7.07.